The van der Waals surface area contributed by atoms with Crippen LogP contribution in [0.1, 0.15) is 11.1 Å². The molecule has 4 N–H and O–H groups in total. The summed E-state index contributed by atoms with van der Waals surface area (Å²) >= 11 is 0. The average molecular weight is 367 g/mol. The van der Waals surface area contributed by atoms with Gasteiger partial charge in [0, 0.05) is 50.6 Å². The van der Waals surface area contributed by atoms with Crippen molar-refractivity contribution in [2.24, 2.45) is 0 Å². The second-order valence-electron chi connectivity index (χ2n) is 7.31. The molecule has 0 spiro atoms. The van der Waals surface area contributed by atoms with Crippen molar-refractivity contribution in [3.05, 3.63) is 59.7 Å². The van der Waals surface area contributed by atoms with Crippen LogP contribution in [0.3, 0.4) is 0 Å². The zero-order valence-corrected chi connectivity index (χ0v) is 16.0. The Morgan fingerprint density at radius 2 is 1.30 bits per heavy atom. The first kappa shape index (κ1) is 19.2. The van der Waals surface area contributed by atoms with Gasteiger partial charge in [-0.1, -0.05) is 24.3 Å². The fourth-order valence-electron chi connectivity index (χ4n) is 3.22. The van der Waals surface area contributed by atoms with Crippen molar-refractivity contribution in [3.8, 4) is 0 Å². The third-order valence-electron chi connectivity index (χ3n) is 5.01. The summed E-state index contributed by atoms with van der Waals surface area (Å²) in [5.41, 5.74) is 15.2. The number of nitrogen functional groups attached to an aromatic ring is 2. The zero-order chi connectivity index (χ0) is 19.2. The molecule has 0 aromatic heterocycles. The maximum Gasteiger partial charge on any atom is 0.237 e. The van der Waals surface area contributed by atoms with Gasteiger partial charge in [0.05, 0.1) is 6.54 Å². The number of carbonyl (C=O) groups is 1. The van der Waals surface area contributed by atoms with E-state index in [1.54, 1.807) is 0 Å². The van der Waals surface area contributed by atoms with Crippen molar-refractivity contribution in [2.75, 3.05) is 51.2 Å². The second-order valence-corrected chi connectivity index (χ2v) is 7.31. The van der Waals surface area contributed by atoms with Crippen molar-refractivity contribution in [3.63, 3.8) is 0 Å². The molecule has 2 aromatic carbocycles. The number of nitrogens with zero attached hydrogens (tertiary/aromatic N) is 3. The fourth-order valence-corrected chi connectivity index (χ4v) is 3.22. The molecule has 144 valence electrons. The molecule has 0 bridgehead atoms. The zero-order valence-electron chi connectivity index (χ0n) is 16.0. The number of nitrogens with two attached hydrogens (primary N) is 2. The number of likely N-dealkylation sites (N-methyl/N-ethyl adjacent to an activating group) is 1. The van der Waals surface area contributed by atoms with E-state index in [1.807, 2.05) is 53.4 Å². The van der Waals surface area contributed by atoms with E-state index in [-0.39, 0.29) is 5.91 Å². The van der Waals surface area contributed by atoms with Gasteiger partial charge >= 0.3 is 0 Å². The number of rotatable bonds is 6. The number of carbonyl (C=O) groups excluding carboxylic acids is 1. The van der Waals surface area contributed by atoms with E-state index >= 15 is 0 Å². The first-order valence-electron chi connectivity index (χ1n) is 9.37. The molecule has 0 saturated carbocycles. The molecule has 3 rings (SSSR count). The average Bonchev–Trinajstić information content (AvgIpc) is 2.66. The largest absolute Gasteiger partial charge is 0.399 e. The summed E-state index contributed by atoms with van der Waals surface area (Å²) in [6, 6.07) is 15.4. The topological polar surface area (TPSA) is 78.8 Å². The molecular weight excluding hydrogens is 338 g/mol. The van der Waals surface area contributed by atoms with Crippen molar-refractivity contribution < 1.29 is 4.79 Å². The van der Waals surface area contributed by atoms with Gasteiger partial charge in [-0.2, -0.15) is 0 Å². The number of anilines is 2. The Balaban J connectivity index is 1.70. The molecule has 1 amide bonds. The summed E-state index contributed by atoms with van der Waals surface area (Å²) in [7, 11) is 2.12. The Hall–Kier alpha value is -2.57. The van der Waals surface area contributed by atoms with E-state index in [0.29, 0.717) is 19.6 Å². The normalized spacial score (nSPS) is 15.6. The second kappa shape index (κ2) is 8.88. The predicted octanol–water partition coefficient (Wildman–Crippen LogP) is 1.63. The lowest BCUT2D eigenvalue weighted by Gasteiger charge is -2.33. The number of hydrogen-bond donors (Lipinski definition) is 2. The smallest absolute Gasteiger partial charge is 0.237 e. The summed E-state index contributed by atoms with van der Waals surface area (Å²) in [6.45, 7) is 5.46. The van der Waals surface area contributed by atoms with Crippen LogP contribution in [0, 0.1) is 0 Å². The lowest BCUT2D eigenvalue weighted by molar-refractivity contribution is -0.134. The maximum atomic E-state index is 13.1. The molecule has 0 aliphatic carbocycles. The molecular formula is C21H29N5O. The summed E-state index contributed by atoms with van der Waals surface area (Å²) in [5.74, 6) is 0.146. The molecule has 0 unspecified atom stereocenters. The van der Waals surface area contributed by atoms with Gasteiger partial charge < -0.3 is 21.3 Å². The first-order chi connectivity index (χ1) is 13.0. The summed E-state index contributed by atoms with van der Waals surface area (Å²) < 4.78 is 0. The van der Waals surface area contributed by atoms with Gasteiger partial charge in [-0.15, -0.1) is 0 Å². The minimum absolute atomic E-state index is 0.146. The van der Waals surface area contributed by atoms with E-state index < -0.39 is 0 Å². The van der Waals surface area contributed by atoms with E-state index in [4.69, 9.17) is 11.5 Å². The molecule has 1 fully saturated rings. The third kappa shape index (κ3) is 5.70. The number of hydrogen-bond acceptors (Lipinski definition) is 5. The quantitative estimate of drug-likeness (QED) is 0.759. The Kier molecular flexibility index (Phi) is 6.32. The van der Waals surface area contributed by atoms with E-state index in [0.717, 1.165) is 48.7 Å². The number of benzene rings is 2. The van der Waals surface area contributed by atoms with Crippen LogP contribution in [-0.2, 0) is 17.9 Å². The van der Waals surface area contributed by atoms with E-state index in [1.165, 1.54) is 0 Å². The predicted molar refractivity (Wildman–Crippen MR) is 110 cm³/mol. The molecule has 1 saturated heterocycles. The van der Waals surface area contributed by atoms with Crippen LogP contribution in [0.4, 0.5) is 11.4 Å². The highest BCUT2D eigenvalue weighted by molar-refractivity contribution is 5.78. The monoisotopic (exact) mass is 367 g/mol. The van der Waals surface area contributed by atoms with Crippen LogP contribution in [0.15, 0.2) is 48.5 Å². The SMILES string of the molecule is CN1CCN(CC(=O)N(Cc2ccc(N)cc2)Cc2ccc(N)cc2)CC1. The number of piperazine rings is 1. The Morgan fingerprint density at radius 1 is 0.852 bits per heavy atom. The molecule has 6 heteroatoms. The van der Waals surface area contributed by atoms with Crippen molar-refractivity contribution in [1.82, 2.24) is 14.7 Å². The maximum absolute atomic E-state index is 13.1. The van der Waals surface area contributed by atoms with Gasteiger partial charge in [-0.05, 0) is 42.4 Å². The summed E-state index contributed by atoms with van der Waals surface area (Å²) in [4.78, 5) is 19.5. The lowest BCUT2D eigenvalue weighted by atomic mass is 10.1. The van der Waals surface area contributed by atoms with Crippen LogP contribution in [0.25, 0.3) is 0 Å². The molecule has 1 aliphatic rings. The standard InChI is InChI=1S/C21H29N5O/c1-24-10-12-25(13-11-24)16-21(27)26(14-17-2-6-19(22)7-3-17)15-18-4-8-20(23)9-5-18/h2-9H,10-16,22-23H2,1H3. The molecule has 2 aromatic rings. The minimum atomic E-state index is 0.146. The van der Waals surface area contributed by atoms with Gasteiger partial charge in [-0.25, -0.2) is 0 Å². The summed E-state index contributed by atoms with van der Waals surface area (Å²) in [6.07, 6.45) is 0. The third-order valence-corrected chi connectivity index (χ3v) is 5.01. The van der Waals surface area contributed by atoms with Gasteiger partial charge in [0.1, 0.15) is 0 Å². The molecule has 27 heavy (non-hydrogen) atoms. The van der Waals surface area contributed by atoms with Gasteiger partial charge in [-0.3, -0.25) is 9.69 Å². The van der Waals surface area contributed by atoms with Crippen molar-refractivity contribution in [1.29, 1.82) is 0 Å². The van der Waals surface area contributed by atoms with Crippen molar-refractivity contribution in [2.45, 2.75) is 13.1 Å². The van der Waals surface area contributed by atoms with E-state index in [2.05, 4.69) is 16.8 Å². The first-order valence-corrected chi connectivity index (χ1v) is 9.37. The molecule has 6 nitrogen and oxygen atoms in total. The summed E-state index contributed by atoms with van der Waals surface area (Å²) in [5, 5.41) is 0. The van der Waals surface area contributed by atoms with E-state index in [9.17, 15) is 4.79 Å². The molecule has 1 heterocycles. The minimum Gasteiger partial charge on any atom is -0.399 e. The van der Waals surface area contributed by atoms with Crippen LogP contribution >= 0.6 is 0 Å². The number of amides is 1. The van der Waals surface area contributed by atoms with Crippen LogP contribution in [0.2, 0.25) is 0 Å². The Morgan fingerprint density at radius 3 is 1.74 bits per heavy atom. The van der Waals surface area contributed by atoms with Crippen LogP contribution in [-0.4, -0.2) is 60.4 Å². The molecule has 0 atom stereocenters. The highest BCUT2D eigenvalue weighted by atomic mass is 16.2. The molecule has 1 aliphatic heterocycles. The Bertz CT molecular complexity index is 689. The van der Waals surface area contributed by atoms with Gasteiger partial charge in [0.2, 0.25) is 5.91 Å². The highest BCUT2D eigenvalue weighted by Gasteiger charge is 2.21. The van der Waals surface area contributed by atoms with Crippen molar-refractivity contribution >= 4 is 17.3 Å². The Labute approximate surface area is 161 Å². The van der Waals surface area contributed by atoms with Crippen LogP contribution < -0.4 is 11.5 Å². The van der Waals surface area contributed by atoms with Gasteiger partial charge in [0.15, 0.2) is 0 Å². The lowest BCUT2D eigenvalue weighted by Crippen LogP contribution is -2.48. The van der Waals surface area contributed by atoms with Gasteiger partial charge in [0.25, 0.3) is 0 Å². The molecule has 0 radical (unpaired) electrons. The fraction of sp³-hybridized carbons (Fsp3) is 0.381. The highest BCUT2D eigenvalue weighted by Crippen LogP contribution is 2.14. The van der Waals surface area contributed by atoms with Crippen LogP contribution in [0.5, 0.6) is 0 Å².